The average Bonchev–Trinajstić information content (AvgIpc) is 2.78. The summed E-state index contributed by atoms with van der Waals surface area (Å²) in [6.07, 6.45) is 2.85. The summed E-state index contributed by atoms with van der Waals surface area (Å²) in [7, 11) is 0. The molecule has 0 radical (unpaired) electrons. The predicted octanol–water partition coefficient (Wildman–Crippen LogP) is 0.672. The van der Waals surface area contributed by atoms with Crippen LogP contribution in [0, 0.1) is 0 Å². The minimum absolute atomic E-state index is 0.0779. The van der Waals surface area contributed by atoms with Crippen LogP contribution in [0.4, 0.5) is 4.69 Å². The van der Waals surface area contributed by atoms with Crippen molar-refractivity contribution in [3.63, 3.8) is 0 Å². The van der Waals surface area contributed by atoms with E-state index in [1.807, 2.05) is 25.1 Å². The third-order valence-electron chi connectivity index (χ3n) is 2.08. The van der Waals surface area contributed by atoms with Gasteiger partial charge in [0.05, 0.1) is 0 Å². The van der Waals surface area contributed by atoms with Crippen LogP contribution in [0.15, 0.2) is 24.4 Å². The van der Waals surface area contributed by atoms with Gasteiger partial charge in [-0.1, -0.05) is 0 Å². The summed E-state index contributed by atoms with van der Waals surface area (Å²) in [5.41, 5.74) is 0.757. The number of hydrogen-bond donors (Lipinski definition) is 1. The number of pyridine rings is 1. The van der Waals surface area contributed by atoms with E-state index in [1.54, 1.807) is 6.20 Å². The van der Waals surface area contributed by atoms with Crippen molar-refractivity contribution >= 4 is 25.1 Å². The monoisotopic (exact) mass is 296 g/mol. The van der Waals surface area contributed by atoms with Crippen LogP contribution in [0.2, 0.25) is 0 Å². The van der Waals surface area contributed by atoms with Gasteiger partial charge in [0, 0.05) is 0 Å². The summed E-state index contributed by atoms with van der Waals surface area (Å²) in [5, 5.41) is 10.7. The second kappa shape index (κ2) is 5.70. The Morgan fingerprint density at radius 3 is 2.94 bits per heavy atom. The fourth-order valence-corrected chi connectivity index (χ4v) is 2.74. The first-order valence-corrected chi connectivity index (χ1v) is 7.01. The molecular formula is C11H12N4OSe. The molecule has 2 aromatic rings. The third-order valence-corrected chi connectivity index (χ3v) is 4.15. The van der Waals surface area contributed by atoms with E-state index in [9.17, 15) is 4.79 Å². The molecule has 0 atom stereocenters. The van der Waals surface area contributed by atoms with Crippen molar-refractivity contribution < 1.29 is 4.79 Å². The molecule has 0 aromatic carbocycles. The van der Waals surface area contributed by atoms with Crippen LogP contribution in [0.5, 0.6) is 0 Å². The fourth-order valence-electron chi connectivity index (χ4n) is 1.28. The quantitative estimate of drug-likeness (QED) is 0.842. The molecule has 0 aliphatic carbocycles. The van der Waals surface area contributed by atoms with Crippen LogP contribution in [-0.4, -0.2) is 35.6 Å². The first kappa shape index (κ1) is 12.0. The van der Waals surface area contributed by atoms with Crippen LogP contribution >= 0.6 is 0 Å². The minimum atomic E-state index is -0.0862. The molecule has 88 valence electrons. The normalized spacial score (nSPS) is 10.2. The van der Waals surface area contributed by atoms with Gasteiger partial charge in [0.2, 0.25) is 0 Å². The summed E-state index contributed by atoms with van der Waals surface area (Å²) in [5.74, 6) is -0.0862. The first-order chi connectivity index (χ1) is 8.28. The maximum atomic E-state index is 11.7. The van der Waals surface area contributed by atoms with Crippen molar-refractivity contribution in [3.05, 3.63) is 34.7 Å². The number of aromatic nitrogens is 3. The Morgan fingerprint density at radius 2 is 2.29 bits per heavy atom. The molecule has 1 amide bonds. The standard InChI is InChI=1S/C11H12N4OSe/c1-2-10-14-15-11(17-10)13-9(16)7-8-5-3-4-6-12-8/h3-6H,2,7H2,1H3,(H,13,15,16). The van der Waals surface area contributed by atoms with Gasteiger partial charge in [0.25, 0.3) is 0 Å². The molecule has 0 saturated heterocycles. The summed E-state index contributed by atoms with van der Waals surface area (Å²) < 4.78 is 1.75. The fraction of sp³-hybridized carbons (Fsp3) is 0.273. The van der Waals surface area contributed by atoms with E-state index >= 15 is 0 Å². The molecule has 0 bridgehead atoms. The second-order valence-electron chi connectivity index (χ2n) is 3.40. The second-order valence-corrected chi connectivity index (χ2v) is 5.63. The molecule has 5 nitrogen and oxygen atoms in total. The molecule has 6 heteroatoms. The molecule has 1 N–H and O–H groups in total. The number of amides is 1. The maximum absolute atomic E-state index is 11.7. The van der Waals surface area contributed by atoms with Gasteiger partial charge < -0.3 is 0 Å². The Bertz CT molecular complexity index is 497. The van der Waals surface area contributed by atoms with Crippen molar-refractivity contribution in [2.75, 3.05) is 5.32 Å². The molecule has 0 saturated carbocycles. The van der Waals surface area contributed by atoms with E-state index in [-0.39, 0.29) is 26.8 Å². The summed E-state index contributed by atoms with van der Waals surface area (Å²) in [4.78, 5) is 15.8. The summed E-state index contributed by atoms with van der Waals surface area (Å²) >= 11 is 0.0779. The van der Waals surface area contributed by atoms with Gasteiger partial charge in [0.15, 0.2) is 0 Å². The Labute approximate surface area is 105 Å². The van der Waals surface area contributed by atoms with Gasteiger partial charge in [-0.25, -0.2) is 0 Å². The Morgan fingerprint density at radius 1 is 1.41 bits per heavy atom. The summed E-state index contributed by atoms with van der Waals surface area (Å²) in [6.45, 7) is 2.04. The van der Waals surface area contributed by atoms with Crippen LogP contribution in [-0.2, 0) is 17.6 Å². The zero-order chi connectivity index (χ0) is 12.1. The number of nitrogens with one attached hydrogen (secondary N) is 1. The van der Waals surface area contributed by atoms with E-state index in [0.29, 0.717) is 4.69 Å². The van der Waals surface area contributed by atoms with Crippen LogP contribution < -0.4 is 5.32 Å². The molecule has 2 heterocycles. The molecule has 0 spiro atoms. The van der Waals surface area contributed by atoms with E-state index in [0.717, 1.165) is 16.7 Å². The van der Waals surface area contributed by atoms with Crippen molar-refractivity contribution in [2.24, 2.45) is 0 Å². The average molecular weight is 295 g/mol. The Balaban J connectivity index is 1.93. The molecule has 17 heavy (non-hydrogen) atoms. The number of anilines is 1. The van der Waals surface area contributed by atoms with Crippen molar-refractivity contribution in [2.45, 2.75) is 19.8 Å². The third kappa shape index (κ3) is 3.47. The Kier molecular flexibility index (Phi) is 4.01. The van der Waals surface area contributed by atoms with Crippen molar-refractivity contribution in [1.29, 1.82) is 0 Å². The number of nitrogens with zero attached hydrogens (tertiary/aromatic N) is 3. The molecular weight excluding hydrogens is 283 g/mol. The van der Waals surface area contributed by atoms with Crippen LogP contribution in [0.25, 0.3) is 0 Å². The van der Waals surface area contributed by atoms with E-state index < -0.39 is 0 Å². The van der Waals surface area contributed by atoms with E-state index in [2.05, 4.69) is 20.5 Å². The van der Waals surface area contributed by atoms with Gasteiger partial charge in [0.1, 0.15) is 0 Å². The van der Waals surface area contributed by atoms with Gasteiger partial charge in [-0.15, -0.1) is 0 Å². The van der Waals surface area contributed by atoms with Crippen molar-refractivity contribution in [1.82, 2.24) is 15.2 Å². The molecule has 2 rings (SSSR count). The number of carbonyl (C=O) groups excluding carboxylic acids is 1. The molecule has 2 aromatic heterocycles. The number of hydrogen-bond acceptors (Lipinski definition) is 4. The Hall–Kier alpha value is -1.52. The SMILES string of the molecule is CCc1nnc(NC(=O)Cc2ccccn2)[se]1. The van der Waals surface area contributed by atoms with Crippen LogP contribution in [0.1, 0.15) is 17.2 Å². The van der Waals surface area contributed by atoms with Gasteiger partial charge >= 0.3 is 105 Å². The van der Waals surface area contributed by atoms with Crippen LogP contribution in [0.3, 0.4) is 0 Å². The molecule has 0 aliphatic rings. The predicted molar refractivity (Wildman–Crippen MR) is 64.9 cm³/mol. The topological polar surface area (TPSA) is 67.8 Å². The van der Waals surface area contributed by atoms with E-state index in [4.69, 9.17) is 0 Å². The number of aryl methyl sites for hydroxylation is 1. The zero-order valence-electron chi connectivity index (χ0n) is 9.38. The van der Waals surface area contributed by atoms with Gasteiger partial charge in [-0.05, 0) is 0 Å². The van der Waals surface area contributed by atoms with Gasteiger partial charge in [-0.3, -0.25) is 0 Å². The van der Waals surface area contributed by atoms with E-state index in [1.165, 1.54) is 0 Å². The molecule has 0 unspecified atom stereocenters. The number of rotatable bonds is 4. The van der Waals surface area contributed by atoms with Crippen molar-refractivity contribution in [3.8, 4) is 0 Å². The number of carbonyl (C=O) groups is 1. The molecule has 0 aliphatic heterocycles. The zero-order valence-corrected chi connectivity index (χ0v) is 11.1. The van der Waals surface area contributed by atoms with Gasteiger partial charge in [-0.2, -0.15) is 0 Å². The molecule has 0 fully saturated rings. The summed E-state index contributed by atoms with van der Waals surface area (Å²) in [6, 6.07) is 5.52. The first-order valence-electron chi connectivity index (χ1n) is 5.30.